The van der Waals surface area contributed by atoms with E-state index in [4.69, 9.17) is 4.74 Å². The number of amides is 2. The van der Waals surface area contributed by atoms with Gasteiger partial charge in [-0.15, -0.1) is 0 Å². The van der Waals surface area contributed by atoms with Crippen LogP contribution in [0.15, 0.2) is 54.7 Å². The van der Waals surface area contributed by atoms with E-state index in [-0.39, 0.29) is 29.6 Å². The first kappa shape index (κ1) is 23.0. The second kappa shape index (κ2) is 9.87. The van der Waals surface area contributed by atoms with Crippen LogP contribution in [-0.4, -0.2) is 40.7 Å². The number of carboxylic acid groups (broad SMARTS) is 1. The Bertz CT molecular complexity index is 1230. The van der Waals surface area contributed by atoms with Crippen molar-refractivity contribution in [3.63, 3.8) is 0 Å². The molecule has 1 heterocycles. The van der Waals surface area contributed by atoms with Gasteiger partial charge in [0.25, 0.3) is 5.91 Å². The summed E-state index contributed by atoms with van der Waals surface area (Å²) in [6.45, 7) is 0.186. The third kappa shape index (κ3) is 4.90. The van der Waals surface area contributed by atoms with E-state index in [9.17, 15) is 19.5 Å². The summed E-state index contributed by atoms with van der Waals surface area (Å²) in [6, 6.07) is 16.0. The molecule has 180 valence electrons. The standard InChI is InChI=1S/C26H25N3O5S/c30-23(28-16-7-5-6-15(12-16)24(31)32)22-13-27-25(35-22)29-26(33)34-14-21-19-10-3-1-8-17(19)18-9-2-4-11-20(18)21/h1-4,8-11,13,15-16,21H,5-7,12,14H2,(H,28,30)(H,31,32)(H,27,29,33). The molecule has 1 fully saturated rings. The van der Waals surface area contributed by atoms with Gasteiger partial charge in [-0.3, -0.25) is 14.9 Å². The van der Waals surface area contributed by atoms with E-state index in [0.29, 0.717) is 17.7 Å². The molecule has 2 atom stereocenters. The second-order valence-corrected chi connectivity index (χ2v) is 9.88. The van der Waals surface area contributed by atoms with Crippen LogP contribution in [-0.2, 0) is 9.53 Å². The Morgan fingerprint density at radius 1 is 1.03 bits per heavy atom. The van der Waals surface area contributed by atoms with Gasteiger partial charge in [0, 0.05) is 12.0 Å². The summed E-state index contributed by atoms with van der Waals surface area (Å²) in [6.07, 6.45) is 3.33. The number of carbonyl (C=O) groups excluding carboxylic acids is 2. The summed E-state index contributed by atoms with van der Waals surface area (Å²) in [5.74, 6) is -1.62. The highest BCUT2D eigenvalue weighted by molar-refractivity contribution is 7.17. The van der Waals surface area contributed by atoms with Crippen molar-refractivity contribution in [2.24, 2.45) is 5.92 Å². The number of aromatic nitrogens is 1. The fraction of sp³-hybridized carbons (Fsp3) is 0.308. The van der Waals surface area contributed by atoms with Gasteiger partial charge in [-0.1, -0.05) is 66.3 Å². The SMILES string of the molecule is O=C(Nc1ncc(C(=O)NC2CCCC(C(=O)O)C2)s1)OCC1c2ccccc2-c2ccccc21. The molecule has 0 radical (unpaired) electrons. The van der Waals surface area contributed by atoms with Crippen molar-refractivity contribution >= 4 is 34.4 Å². The second-order valence-electron chi connectivity index (χ2n) is 8.85. The summed E-state index contributed by atoms with van der Waals surface area (Å²) >= 11 is 1.05. The fourth-order valence-corrected chi connectivity index (χ4v) is 5.67. The van der Waals surface area contributed by atoms with Crippen LogP contribution in [0, 0.1) is 5.92 Å². The number of rotatable bonds is 6. The minimum absolute atomic E-state index is 0.0455. The monoisotopic (exact) mass is 491 g/mol. The van der Waals surface area contributed by atoms with Crippen molar-refractivity contribution in [1.29, 1.82) is 0 Å². The van der Waals surface area contributed by atoms with Crippen molar-refractivity contribution in [3.05, 3.63) is 70.7 Å². The molecule has 35 heavy (non-hydrogen) atoms. The molecule has 0 bridgehead atoms. The van der Waals surface area contributed by atoms with Crippen molar-refractivity contribution in [2.75, 3.05) is 11.9 Å². The van der Waals surface area contributed by atoms with E-state index in [1.54, 1.807) is 0 Å². The highest BCUT2D eigenvalue weighted by Gasteiger charge is 2.30. The maximum Gasteiger partial charge on any atom is 0.413 e. The summed E-state index contributed by atoms with van der Waals surface area (Å²) in [4.78, 5) is 40.8. The number of hydrogen-bond donors (Lipinski definition) is 3. The lowest BCUT2D eigenvalue weighted by molar-refractivity contribution is -0.143. The zero-order valence-electron chi connectivity index (χ0n) is 18.9. The third-order valence-electron chi connectivity index (χ3n) is 6.64. The van der Waals surface area contributed by atoms with E-state index < -0.39 is 18.0 Å². The largest absolute Gasteiger partial charge is 0.481 e. The highest BCUT2D eigenvalue weighted by Crippen LogP contribution is 2.44. The molecule has 2 unspecified atom stereocenters. The van der Waals surface area contributed by atoms with Crippen molar-refractivity contribution < 1.29 is 24.2 Å². The van der Waals surface area contributed by atoms with Crippen molar-refractivity contribution in [2.45, 2.75) is 37.6 Å². The van der Waals surface area contributed by atoms with Crippen LogP contribution in [0.1, 0.15) is 52.4 Å². The van der Waals surface area contributed by atoms with E-state index in [1.165, 1.54) is 6.20 Å². The Hall–Kier alpha value is -3.72. The molecule has 2 aliphatic rings. The van der Waals surface area contributed by atoms with Crippen molar-refractivity contribution in [3.8, 4) is 11.1 Å². The Morgan fingerprint density at radius 2 is 1.71 bits per heavy atom. The lowest BCUT2D eigenvalue weighted by Crippen LogP contribution is -2.39. The number of fused-ring (bicyclic) bond motifs is 3. The number of nitrogens with one attached hydrogen (secondary N) is 2. The van der Waals surface area contributed by atoms with Gasteiger partial charge in [-0.2, -0.15) is 0 Å². The molecule has 0 saturated heterocycles. The minimum Gasteiger partial charge on any atom is -0.481 e. The average Bonchev–Trinajstić information content (AvgIpc) is 3.46. The van der Waals surface area contributed by atoms with Crippen molar-refractivity contribution in [1.82, 2.24) is 10.3 Å². The zero-order valence-corrected chi connectivity index (χ0v) is 19.7. The van der Waals surface area contributed by atoms with Crippen LogP contribution in [0.5, 0.6) is 0 Å². The number of carboxylic acids is 1. The van der Waals surface area contributed by atoms with E-state index >= 15 is 0 Å². The molecule has 2 aliphatic carbocycles. The van der Waals surface area contributed by atoms with Gasteiger partial charge < -0.3 is 15.2 Å². The van der Waals surface area contributed by atoms with Gasteiger partial charge in [0.15, 0.2) is 5.13 Å². The molecule has 5 rings (SSSR count). The fourth-order valence-electron chi connectivity index (χ4n) is 4.96. The Labute approximate surface area is 206 Å². The maximum absolute atomic E-state index is 12.6. The topological polar surface area (TPSA) is 118 Å². The lowest BCUT2D eigenvalue weighted by Gasteiger charge is -2.27. The third-order valence-corrected chi connectivity index (χ3v) is 7.55. The zero-order chi connectivity index (χ0) is 24.4. The molecule has 1 aromatic heterocycles. The molecule has 8 nitrogen and oxygen atoms in total. The predicted molar refractivity (Wildman–Crippen MR) is 132 cm³/mol. The van der Waals surface area contributed by atoms with Gasteiger partial charge in [0.2, 0.25) is 0 Å². The number of nitrogens with zero attached hydrogens (tertiary/aromatic N) is 1. The van der Waals surface area contributed by atoms with Crippen LogP contribution in [0.25, 0.3) is 11.1 Å². The first-order chi connectivity index (χ1) is 17.0. The molecule has 3 aromatic rings. The van der Waals surface area contributed by atoms with Crippen LogP contribution in [0.2, 0.25) is 0 Å². The summed E-state index contributed by atoms with van der Waals surface area (Å²) in [5.41, 5.74) is 4.56. The molecule has 9 heteroatoms. The minimum atomic E-state index is -0.823. The van der Waals surface area contributed by atoms with Gasteiger partial charge in [0.1, 0.15) is 11.5 Å². The van der Waals surface area contributed by atoms with E-state index in [0.717, 1.165) is 46.4 Å². The lowest BCUT2D eigenvalue weighted by atomic mass is 9.86. The Kier molecular flexibility index (Phi) is 6.50. The van der Waals surface area contributed by atoms with Crippen LogP contribution < -0.4 is 10.6 Å². The predicted octanol–water partition coefficient (Wildman–Crippen LogP) is 4.88. The normalized spacial score (nSPS) is 18.9. The van der Waals surface area contributed by atoms with Gasteiger partial charge in [-0.05, 0) is 41.5 Å². The van der Waals surface area contributed by atoms with Gasteiger partial charge >= 0.3 is 12.1 Å². The van der Waals surface area contributed by atoms with Crippen LogP contribution in [0.4, 0.5) is 9.93 Å². The quantitative estimate of drug-likeness (QED) is 0.453. The molecule has 3 N–H and O–H groups in total. The Morgan fingerprint density at radius 3 is 2.40 bits per heavy atom. The number of anilines is 1. The van der Waals surface area contributed by atoms with E-state index in [2.05, 4.69) is 39.9 Å². The number of benzene rings is 2. The molecule has 0 spiro atoms. The van der Waals surface area contributed by atoms with Gasteiger partial charge in [-0.25, -0.2) is 9.78 Å². The van der Waals surface area contributed by atoms with Crippen LogP contribution >= 0.6 is 11.3 Å². The summed E-state index contributed by atoms with van der Waals surface area (Å²) in [7, 11) is 0. The maximum atomic E-state index is 12.6. The first-order valence-electron chi connectivity index (χ1n) is 11.6. The summed E-state index contributed by atoms with van der Waals surface area (Å²) < 4.78 is 5.53. The number of aliphatic carboxylic acids is 1. The molecular weight excluding hydrogens is 466 g/mol. The smallest absolute Gasteiger partial charge is 0.413 e. The first-order valence-corrected chi connectivity index (χ1v) is 12.4. The molecule has 2 amide bonds. The van der Waals surface area contributed by atoms with E-state index in [1.807, 2.05) is 24.3 Å². The number of thiazole rings is 1. The number of carbonyl (C=O) groups is 3. The summed E-state index contributed by atoms with van der Waals surface area (Å²) in [5, 5.41) is 15.0. The molecule has 2 aromatic carbocycles. The number of hydrogen-bond acceptors (Lipinski definition) is 6. The molecular formula is C26H25N3O5S. The average molecular weight is 492 g/mol. The molecule has 1 saturated carbocycles. The van der Waals surface area contributed by atoms with Crippen LogP contribution in [0.3, 0.4) is 0 Å². The molecule has 0 aliphatic heterocycles. The van der Waals surface area contributed by atoms with Gasteiger partial charge in [0.05, 0.1) is 12.1 Å². The number of ether oxygens (including phenoxy) is 1. The Balaban J connectivity index is 1.17. The highest BCUT2D eigenvalue weighted by atomic mass is 32.1.